The lowest BCUT2D eigenvalue weighted by molar-refractivity contribution is 0.590. The SMILES string of the molecule is Cc1cc(C)c(C2=c3ccc4c5c(ccc4c3-c3cc(C(C)(C)C)ccc32)=C(c2c(C)cc(C)cc2C)c2ccc(C(C)(C)C)cc2-5)c(C)c1. The molecule has 0 nitrogen and oxygen atoms in total. The van der Waals surface area contributed by atoms with Gasteiger partial charge in [-0.3, -0.25) is 0 Å². The summed E-state index contributed by atoms with van der Waals surface area (Å²) < 4.78 is 0. The van der Waals surface area contributed by atoms with Gasteiger partial charge in [0.2, 0.25) is 0 Å². The Morgan fingerprint density at radius 2 is 0.680 bits per heavy atom. The van der Waals surface area contributed by atoms with Gasteiger partial charge in [-0.05, 0) is 175 Å². The lowest BCUT2D eigenvalue weighted by Crippen LogP contribution is -2.12. The molecule has 0 N–H and O–H groups in total. The Hall–Kier alpha value is -4.68. The first-order valence-electron chi connectivity index (χ1n) is 18.4. The van der Waals surface area contributed by atoms with E-state index in [1.54, 1.807) is 0 Å². The average Bonchev–Trinajstić information content (AvgIpc) is 3.52. The third kappa shape index (κ3) is 4.79. The molecule has 0 heterocycles. The first kappa shape index (κ1) is 32.5. The van der Waals surface area contributed by atoms with E-state index in [-0.39, 0.29) is 10.8 Å². The first-order valence-corrected chi connectivity index (χ1v) is 18.4. The van der Waals surface area contributed by atoms with Crippen LogP contribution in [-0.2, 0) is 10.8 Å². The van der Waals surface area contributed by atoms with Gasteiger partial charge in [0.15, 0.2) is 0 Å². The maximum absolute atomic E-state index is 2.49. The molecule has 6 aromatic rings. The Bertz CT molecular complexity index is 2360. The van der Waals surface area contributed by atoms with E-state index in [9.17, 15) is 0 Å². The van der Waals surface area contributed by atoms with E-state index in [0.29, 0.717) is 0 Å². The van der Waals surface area contributed by atoms with Crippen molar-refractivity contribution in [1.82, 2.24) is 0 Å². The second-order valence-electron chi connectivity index (χ2n) is 17.4. The van der Waals surface area contributed by atoms with Crippen LogP contribution in [0.1, 0.15) is 108 Å². The van der Waals surface area contributed by atoms with Crippen LogP contribution in [-0.4, -0.2) is 0 Å². The van der Waals surface area contributed by atoms with Gasteiger partial charge in [0.05, 0.1) is 0 Å². The fourth-order valence-electron chi connectivity index (χ4n) is 9.25. The van der Waals surface area contributed by atoms with E-state index in [0.717, 1.165) is 0 Å². The number of hydrogen-bond donors (Lipinski definition) is 0. The Labute approximate surface area is 299 Å². The van der Waals surface area contributed by atoms with Crippen LogP contribution < -0.4 is 10.4 Å². The molecule has 0 saturated carbocycles. The molecule has 0 fully saturated rings. The van der Waals surface area contributed by atoms with Crippen molar-refractivity contribution >= 4 is 21.9 Å². The van der Waals surface area contributed by atoms with Crippen LogP contribution in [0.25, 0.3) is 44.2 Å². The van der Waals surface area contributed by atoms with E-state index >= 15 is 0 Å². The predicted octanol–water partition coefficient (Wildman–Crippen LogP) is 11.7. The molecule has 0 spiro atoms. The summed E-state index contributed by atoms with van der Waals surface area (Å²) in [5.74, 6) is 0. The molecule has 0 heteroatoms. The number of benzene rings is 6. The van der Waals surface area contributed by atoms with Gasteiger partial charge in [0.25, 0.3) is 0 Å². The largest absolute Gasteiger partial charge is 0.0578 e. The molecule has 0 amide bonds. The minimum Gasteiger partial charge on any atom is -0.0578 e. The van der Waals surface area contributed by atoms with Crippen LogP contribution in [0.15, 0.2) is 84.9 Å². The number of fused-ring (bicyclic) bond motifs is 9. The van der Waals surface area contributed by atoms with Crippen molar-refractivity contribution < 1.29 is 0 Å². The predicted molar refractivity (Wildman–Crippen MR) is 216 cm³/mol. The van der Waals surface area contributed by atoms with E-state index in [2.05, 4.69) is 168 Å². The molecule has 0 bridgehead atoms. The van der Waals surface area contributed by atoms with Crippen LogP contribution in [0.3, 0.4) is 0 Å². The quantitative estimate of drug-likeness (QED) is 0.175. The maximum Gasteiger partial charge on any atom is -0.00198 e. The number of aryl methyl sites for hydroxylation is 6. The normalized spacial score (nSPS) is 13.5. The van der Waals surface area contributed by atoms with Crippen molar-refractivity contribution in [2.24, 2.45) is 0 Å². The Morgan fingerprint density at radius 3 is 1.00 bits per heavy atom. The summed E-state index contributed by atoms with van der Waals surface area (Å²) in [6.45, 7) is 27.5. The van der Waals surface area contributed by atoms with Crippen molar-refractivity contribution in [2.45, 2.75) is 93.9 Å². The molecule has 0 radical (unpaired) electrons. The molecule has 50 heavy (non-hydrogen) atoms. The molecule has 2 aliphatic carbocycles. The molecule has 6 aromatic carbocycles. The van der Waals surface area contributed by atoms with Gasteiger partial charge in [0.1, 0.15) is 0 Å². The summed E-state index contributed by atoms with van der Waals surface area (Å²) in [5, 5.41) is 5.39. The molecule has 0 unspecified atom stereocenters. The zero-order valence-electron chi connectivity index (χ0n) is 32.1. The molecular formula is C50H50. The minimum absolute atomic E-state index is 0.0510. The molecule has 0 atom stereocenters. The lowest BCUT2D eigenvalue weighted by atomic mass is 9.83. The van der Waals surface area contributed by atoms with Crippen molar-refractivity contribution in [2.75, 3.05) is 0 Å². The Kier molecular flexibility index (Phi) is 7.09. The smallest absolute Gasteiger partial charge is 0.00198 e. The highest BCUT2D eigenvalue weighted by Gasteiger charge is 2.31. The van der Waals surface area contributed by atoms with Crippen LogP contribution in [0, 0.1) is 41.5 Å². The lowest BCUT2D eigenvalue weighted by Gasteiger charge is -2.22. The highest BCUT2D eigenvalue weighted by atomic mass is 14.3. The van der Waals surface area contributed by atoms with Crippen molar-refractivity contribution in [3.05, 3.63) is 162 Å². The second kappa shape index (κ2) is 10.9. The number of rotatable bonds is 2. The molecule has 0 aromatic heterocycles. The van der Waals surface area contributed by atoms with Crippen LogP contribution >= 0.6 is 0 Å². The standard InChI is InChI=1S/C50H50/c1-27-21-29(3)43(30(4)22-27)47-37-15-13-33(49(7,8)9)25-41(37)45-35-18-20-40-46(36(35)17-19-39(45)47)42-26-34(50(10,11)12)14-16-38(42)48(40)44-31(5)23-28(2)24-32(44)6/h13-26H,1-12H3. The topological polar surface area (TPSA) is 0 Å². The van der Waals surface area contributed by atoms with Gasteiger partial charge in [0, 0.05) is 0 Å². The maximum atomic E-state index is 2.49. The highest BCUT2D eigenvalue weighted by Crippen LogP contribution is 2.47. The fraction of sp³-hybridized carbons (Fsp3) is 0.280. The van der Waals surface area contributed by atoms with Crippen molar-refractivity contribution in [3.8, 4) is 22.3 Å². The molecule has 250 valence electrons. The summed E-state index contributed by atoms with van der Waals surface area (Å²) in [5.41, 5.74) is 24.6. The van der Waals surface area contributed by atoms with Crippen LogP contribution in [0.4, 0.5) is 0 Å². The molecule has 2 aliphatic rings. The van der Waals surface area contributed by atoms with Crippen LogP contribution in [0.2, 0.25) is 0 Å². The van der Waals surface area contributed by atoms with Gasteiger partial charge < -0.3 is 0 Å². The van der Waals surface area contributed by atoms with Gasteiger partial charge in [-0.25, -0.2) is 0 Å². The summed E-state index contributed by atoms with van der Waals surface area (Å²) >= 11 is 0. The molecule has 0 aliphatic heterocycles. The molecule has 0 saturated heterocycles. The van der Waals surface area contributed by atoms with Gasteiger partial charge in [-0.1, -0.05) is 125 Å². The monoisotopic (exact) mass is 650 g/mol. The Morgan fingerprint density at radius 1 is 0.340 bits per heavy atom. The van der Waals surface area contributed by atoms with E-state index < -0.39 is 0 Å². The van der Waals surface area contributed by atoms with E-state index in [1.807, 2.05) is 0 Å². The van der Waals surface area contributed by atoms with Gasteiger partial charge in [-0.15, -0.1) is 0 Å². The van der Waals surface area contributed by atoms with Crippen LogP contribution in [0.5, 0.6) is 0 Å². The van der Waals surface area contributed by atoms with Gasteiger partial charge in [-0.2, -0.15) is 0 Å². The summed E-state index contributed by atoms with van der Waals surface area (Å²) in [4.78, 5) is 0. The zero-order chi connectivity index (χ0) is 35.6. The van der Waals surface area contributed by atoms with Crippen molar-refractivity contribution in [1.29, 1.82) is 0 Å². The van der Waals surface area contributed by atoms with E-state index in [4.69, 9.17) is 0 Å². The first-order chi connectivity index (χ1) is 23.5. The zero-order valence-corrected chi connectivity index (χ0v) is 32.1. The van der Waals surface area contributed by atoms with E-state index in [1.165, 1.54) is 121 Å². The Balaban J connectivity index is 1.54. The third-order valence-corrected chi connectivity index (χ3v) is 11.4. The summed E-state index contributed by atoms with van der Waals surface area (Å²) in [6.07, 6.45) is 0. The fourth-order valence-corrected chi connectivity index (χ4v) is 9.25. The van der Waals surface area contributed by atoms with Crippen molar-refractivity contribution in [3.63, 3.8) is 0 Å². The average molecular weight is 651 g/mol. The second-order valence-corrected chi connectivity index (χ2v) is 17.4. The minimum atomic E-state index is 0.0510. The third-order valence-electron chi connectivity index (χ3n) is 11.4. The highest BCUT2D eigenvalue weighted by molar-refractivity contribution is 6.14. The van der Waals surface area contributed by atoms with Gasteiger partial charge >= 0.3 is 0 Å². The summed E-state index contributed by atoms with van der Waals surface area (Å²) in [7, 11) is 0. The number of hydrogen-bond acceptors (Lipinski definition) is 0. The molecular weight excluding hydrogens is 601 g/mol. The molecule has 8 rings (SSSR count). The summed E-state index contributed by atoms with van der Waals surface area (Å²) in [6, 6.07) is 33.7.